The Labute approximate surface area is 529 Å². The average Bonchev–Trinajstić information content (AvgIpc) is 1.43. The molecule has 19 nitrogen and oxygen atoms in total. The van der Waals surface area contributed by atoms with Crippen molar-refractivity contribution in [2.75, 3.05) is 13.1 Å². The molecule has 2 aliphatic heterocycles. The van der Waals surface area contributed by atoms with Crippen LogP contribution in [-0.2, 0) is 67.8 Å². The maximum atomic E-state index is 13.5. The first-order chi connectivity index (χ1) is 43.6. The van der Waals surface area contributed by atoms with Gasteiger partial charge in [0.2, 0.25) is 6.29 Å². The molecule has 0 saturated heterocycles. The highest BCUT2D eigenvalue weighted by Crippen LogP contribution is 2.38. The summed E-state index contributed by atoms with van der Waals surface area (Å²) in [5, 5.41) is 17.4. The topological polar surface area (TPSA) is 236 Å². The number of amides is 3. The van der Waals surface area contributed by atoms with Crippen molar-refractivity contribution in [3.05, 3.63) is 186 Å². The van der Waals surface area contributed by atoms with Crippen LogP contribution in [0.2, 0.25) is 0 Å². The number of hydrogen-bond acceptors (Lipinski definition) is 14. The van der Waals surface area contributed by atoms with Crippen LogP contribution in [0, 0.1) is 41.5 Å². The van der Waals surface area contributed by atoms with Crippen LogP contribution in [0.5, 0.6) is 0 Å². The van der Waals surface area contributed by atoms with E-state index in [0.717, 1.165) is 103 Å². The summed E-state index contributed by atoms with van der Waals surface area (Å²) in [6.07, 6.45) is -4.98. The molecule has 0 bridgehead atoms. The third-order valence-corrected chi connectivity index (χ3v) is 16.3. The molecular weight excluding hydrogens is 1170 g/mol. The number of hydroxylamine groups is 1. The zero-order valence-electron chi connectivity index (χ0n) is 54.7. The van der Waals surface area contributed by atoms with Crippen LogP contribution in [-0.4, -0.2) is 101 Å². The number of nitrogens with zero attached hydrogens (tertiary/aromatic N) is 8. The monoisotopic (exact) mass is 1250 g/mol. The Morgan fingerprint density at radius 2 is 1.04 bits per heavy atom. The van der Waals surface area contributed by atoms with Gasteiger partial charge in [0.25, 0.3) is 11.8 Å². The Hall–Kier alpha value is -9.31. The predicted molar refractivity (Wildman–Crippen MR) is 340 cm³/mol. The third kappa shape index (κ3) is 16.9. The number of fused-ring (bicyclic) bond motifs is 4. The van der Waals surface area contributed by atoms with Gasteiger partial charge in [-0.15, -0.1) is 15.7 Å². The Morgan fingerprint density at radius 1 is 0.626 bits per heavy atom. The van der Waals surface area contributed by atoms with Gasteiger partial charge >= 0.3 is 24.2 Å². The van der Waals surface area contributed by atoms with Crippen LogP contribution >= 0.6 is 0 Å². The van der Waals surface area contributed by atoms with Crippen molar-refractivity contribution >= 4 is 58.2 Å². The van der Waals surface area contributed by atoms with Gasteiger partial charge in [-0.25, -0.2) is 19.0 Å². The van der Waals surface area contributed by atoms with Gasteiger partial charge < -0.3 is 24.2 Å². The van der Waals surface area contributed by atoms with Gasteiger partial charge in [0, 0.05) is 63.6 Å². The molecule has 2 atom stereocenters. The SMILES string of the molecule is CCn1nnc2c(C)c([C@@H](CC(=O)ON)c3ccc4c(c3)CN(C(=O)c3ccc(C)c(C)c3)CC4)ccc21.CCn1nnc2c(C)c([C@@H](CC(=O)ONC(=O)OC(C)(C)C)c3ccc4c(c3)CN(C(=O)c3ccc(C)c(C)c3)CC4)ccc21.O=CC(F)(F)F.[2H]CC. The van der Waals surface area contributed by atoms with Crippen molar-refractivity contribution in [1.82, 2.24) is 45.3 Å². The van der Waals surface area contributed by atoms with E-state index in [1.165, 1.54) is 16.7 Å². The fraction of sp³-hybridized carbons (Fsp3) is 0.391. The minimum atomic E-state index is -4.64. The molecule has 0 spiro atoms. The summed E-state index contributed by atoms with van der Waals surface area (Å²) < 4.78 is 46.3. The van der Waals surface area contributed by atoms with E-state index in [-0.39, 0.29) is 30.6 Å². The summed E-state index contributed by atoms with van der Waals surface area (Å²) in [6, 6.07) is 32.2. The van der Waals surface area contributed by atoms with Crippen LogP contribution in [0.25, 0.3) is 22.1 Å². The van der Waals surface area contributed by atoms with E-state index in [0.29, 0.717) is 50.8 Å². The number of aldehydes is 1. The van der Waals surface area contributed by atoms with Crippen molar-refractivity contribution in [3.8, 4) is 0 Å². The molecule has 0 aliphatic carbocycles. The first-order valence-corrected chi connectivity index (χ1v) is 30.1. The van der Waals surface area contributed by atoms with E-state index in [4.69, 9.17) is 21.6 Å². The molecule has 0 radical (unpaired) electrons. The van der Waals surface area contributed by atoms with Crippen LogP contribution in [0.15, 0.2) is 97.1 Å². The van der Waals surface area contributed by atoms with E-state index in [1.807, 2.05) is 141 Å². The molecule has 8 aromatic rings. The molecular formula is C69H81F3N10O9. The molecule has 10 rings (SSSR count). The summed E-state index contributed by atoms with van der Waals surface area (Å²) in [5.41, 5.74) is 20.9. The fourth-order valence-corrected chi connectivity index (χ4v) is 11.3. The normalized spacial score (nSPS) is 13.5. The van der Waals surface area contributed by atoms with Crippen LogP contribution in [0.3, 0.4) is 0 Å². The Balaban J connectivity index is 0.000000233. The Morgan fingerprint density at radius 3 is 1.42 bits per heavy atom. The summed E-state index contributed by atoms with van der Waals surface area (Å²) in [4.78, 5) is 86.7. The Kier molecular flexibility index (Phi) is 22.3. The number of ether oxygens (including phenoxy) is 1. The maximum Gasteiger partial charge on any atom is 0.446 e. The van der Waals surface area contributed by atoms with Gasteiger partial charge in [0.15, 0.2) is 0 Å². The quantitative estimate of drug-likeness (QED) is 0.0855. The van der Waals surface area contributed by atoms with E-state index in [9.17, 15) is 37.1 Å². The molecule has 2 aromatic heterocycles. The van der Waals surface area contributed by atoms with Crippen molar-refractivity contribution in [2.24, 2.45) is 5.90 Å². The molecule has 2 aliphatic rings. The van der Waals surface area contributed by atoms with E-state index in [1.54, 1.807) is 27.7 Å². The molecule has 0 fully saturated rings. The molecule has 3 N–H and O–H groups in total. The molecule has 22 heteroatoms. The molecule has 4 heterocycles. The standard InChI is InChI=1S/C35H41N5O5.C30H33N5O3.C2HF3O.C2H6/c1-8-40-30-14-13-28(23(4)32(30)36-38-40)29(19-31(41)45-37-34(43)44-35(5,6)7)25-12-11-24-15-16-39(20-27(24)18-25)33(42)26-10-9-21(2)22(3)17-26;1-5-35-27-11-10-25(20(4)29(27)32-33-35)26(16-28(36)38-31)22-9-8-21-12-13-34(17-24(21)15-22)30(37)23-7-6-18(2)19(3)14-23;3-2(4,5)1-6;1-2/h9-14,17-18,29H,8,15-16,19-20H2,1-7H3,(H,37,43);6-11,14-15,26H,5,12-13,16-17,31H2,1-4H3;1H;1-2H3/t29-;26-;;/m00../s1/i;;;1D. The molecule has 91 heavy (non-hydrogen) atoms. The lowest BCUT2D eigenvalue weighted by atomic mass is 9.83. The zero-order chi connectivity index (χ0) is 67.4. The highest BCUT2D eigenvalue weighted by Gasteiger charge is 2.31. The Bertz CT molecular complexity index is 4010. The zero-order valence-corrected chi connectivity index (χ0v) is 53.7. The fourth-order valence-electron chi connectivity index (χ4n) is 11.3. The van der Waals surface area contributed by atoms with Crippen LogP contribution < -0.4 is 11.4 Å². The van der Waals surface area contributed by atoms with E-state index >= 15 is 0 Å². The molecule has 6 aromatic carbocycles. The first kappa shape index (κ1) is 67.6. The smallest absolute Gasteiger partial charge is 0.442 e. The molecule has 482 valence electrons. The lowest BCUT2D eigenvalue weighted by molar-refractivity contribution is -0.156. The number of aryl methyl sites for hydroxylation is 8. The van der Waals surface area contributed by atoms with Crippen molar-refractivity contribution < 1.29 is 57.7 Å². The third-order valence-electron chi connectivity index (χ3n) is 16.3. The van der Waals surface area contributed by atoms with Crippen LogP contribution in [0.1, 0.15) is 173 Å². The predicted octanol–water partition coefficient (Wildman–Crippen LogP) is 12.4. The van der Waals surface area contributed by atoms with Crippen LogP contribution in [0.4, 0.5) is 18.0 Å². The number of carbonyl (C=O) groups excluding carboxylic acids is 6. The summed E-state index contributed by atoms with van der Waals surface area (Å²) in [6.45, 7) is 27.3. The second kappa shape index (κ2) is 30.0. The lowest BCUT2D eigenvalue weighted by Gasteiger charge is -2.30. The molecule has 3 amide bonds. The number of nitrogens with two attached hydrogens (primary N) is 1. The second-order valence-corrected chi connectivity index (χ2v) is 23.5. The molecule has 0 saturated carbocycles. The van der Waals surface area contributed by atoms with Crippen molar-refractivity contribution in [1.29, 1.82) is 0 Å². The summed E-state index contributed by atoms with van der Waals surface area (Å²) in [7, 11) is 0. The summed E-state index contributed by atoms with van der Waals surface area (Å²) in [5.74, 6) is 3.48. The number of halogens is 3. The van der Waals surface area contributed by atoms with Gasteiger partial charge in [-0.05, 0) is 203 Å². The lowest BCUT2D eigenvalue weighted by Crippen LogP contribution is -2.36. The van der Waals surface area contributed by atoms with E-state index < -0.39 is 42.0 Å². The van der Waals surface area contributed by atoms with Gasteiger partial charge in [-0.1, -0.05) is 84.9 Å². The summed E-state index contributed by atoms with van der Waals surface area (Å²) >= 11 is 0. The highest BCUT2D eigenvalue weighted by molar-refractivity contribution is 5.95. The van der Waals surface area contributed by atoms with E-state index in [2.05, 4.69) is 61.3 Å². The van der Waals surface area contributed by atoms with Crippen molar-refractivity contribution in [2.45, 2.75) is 165 Å². The minimum Gasteiger partial charge on any atom is -0.442 e. The largest absolute Gasteiger partial charge is 0.446 e. The second-order valence-electron chi connectivity index (χ2n) is 23.5. The number of nitrogens with one attached hydrogen (secondary N) is 1. The van der Waals surface area contributed by atoms with Gasteiger partial charge in [-0.2, -0.15) is 19.1 Å². The average molecular weight is 1250 g/mol. The number of hydrogen-bond donors (Lipinski definition) is 2. The highest BCUT2D eigenvalue weighted by atomic mass is 19.4. The number of benzene rings is 6. The number of alkyl halides is 3. The minimum absolute atomic E-state index is 0.00260. The van der Waals surface area contributed by atoms with Crippen molar-refractivity contribution in [3.63, 3.8) is 0 Å². The molecule has 0 unspecified atom stereocenters. The number of aromatic nitrogens is 6. The van der Waals surface area contributed by atoms with Gasteiger partial charge in [0.05, 0.1) is 23.9 Å². The number of rotatable bonds is 12. The van der Waals surface area contributed by atoms with Gasteiger partial charge in [0.1, 0.15) is 16.6 Å². The first-order valence-electron chi connectivity index (χ1n) is 30.9. The maximum absolute atomic E-state index is 13.5. The van der Waals surface area contributed by atoms with Gasteiger partial charge in [-0.3, -0.25) is 19.2 Å². The number of carbonyl (C=O) groups is 6.